The number of carbonyl (C=O) groups is 2. The van der Waals surface area contributed by atoms with Gasteiger partial charge in [0.05, 0.1) is 0 Å². The molecule has 0 unspecified atom stereocenters. The van der Waals surface area contributed by atoms with E-state index in [2.05, 4.69) is 11.7 Å². The van der Waals surface area contributed by atoms with Gasteiger partial charge in [-0.1, -0.05) is 32.6 Å². The summed E-state index contributed by atoms with van der Waals surface area (Å²) in [5, 5.41) is -0.635. The van der Waals surface area contributed by atoms with Crippen LogP contribution in [0.15, 0.2) is 0 Å². The van der Waals surface area contributed by atoms with Crippen LogP contribution < -0.4 is 0 Å². The third-order valence-electron chi connectivity index (χ3n) is 1.83. The van der Waals surface area contributed by atoms with Crippen LogP contribution in [0.25, 0.3) is 0 Å². The summed E-state index contributed by atoms with van der Waals surface area (Å²) < 4.78 is 4.59. The molecular formula is C10H17ClO3. The Kier molecular flexibility index (Phi) is 8.64. The van der Waals surface area contributed by atoms with E-state index in [1.807, 2.05) is 0 Å². The van der Waals surface area contributed by atoms with Gasteiger partial charge in [-0.2, -0.15) is 0 Å². The van der Waals surface area contributed by atoms with Gasteiger partial charge in [0.2, 0.25) is 0 Å². The van der Waals surface area contributed by atoms with Crippen molar-refractivity contribution in [2.45, 2.75) is 45.4 Å². The average Bonchev–Trinajstić information content (AvgIpc) is 2.14. The van der Waals surface area contributed by atoms with Crippen molar-refractivity contribution in [1.29, 1.82) is 0 Å². The Hall–Kier alpha value is -0.570. The SMILES string of the molecule is CCCCCCCC(=O)OCC(=O)Cl. The van der Waals surface area contributed by atoms with Crippen molar-refractivity contribution in [2.24, 2.45) is 0 Å². The summed E-state index contributed by atoms with van der Waals surface area (Å²) in [5.41, 5.74) is 0. The summed E-state index contributed by atoms with van der Waals surface area (Å²) in [6.45, 7) is 1.83. The standard InChI is InChI=1S/C10H17ClO3/c1-2-3-4-5-6-7-10(13)14-8-9(11)12/h2-8H2,1H3. The van der Waals surface area contributed by atoms with Gasteiger partial charge >= 0.3 is 5.97 Å². The van der Waals surface area contributed by atoms with Gasteiger partial charge < -0.3 is 4.74 Å². The molecule has 0 radical (unpaired) electrons. The molecule has 0 saturated heterocycles. The first-order valence-corrected chi connectivity index (χ1v) is 5.38. The number of halogens is 1. The maximum Gasteiger partial charge on any atom is 0.306 e. The molecular weight excluding hydrogens is 204 g/mol. The molecule has 3 nitrogen and oxygen atoms in total. The molecule has 0 aromatic heterocycles. The van der Waals surface area contributed by atoms with Crippen LogP contribution in [0, 0.1) is 0 Å². The summed E-state index contributed by atoms with van der Waals surface area (Å²) in [5.74, 6) is -0.338. The van der Waals surface area contributed by atoms with E-state index in [1.165, 1.54) is 12.8 Å². The molecule has 4 heteroatoms. The zero-order valence-corrected chi connectivity index (χ0v) is 9.31. The van der Waals surface area contributed by atoms with E-state index in [-0.39, 0.29) is 12.6 Å². The molecule has 82 valence electrons. The first-order valence-electron chi connectivity index (χ1n) is 5.00. The van der Waals surface area contributed by atoms with Crippen LogP contribution in [0.3, 0.4) is 0 Å². The Balaban J connectivity index is 3.22. The predicted octanol–water partition coefficient (Wildman–Crippen LogP) is 2.66. The number of ether oxygens (including phenoxy) is 1. The summed E-state index contributed by atoms with van der Waals surface area (Å²) in [7, 11) is 0. The van der Waals surface area contributed by atoms with Crippen LogP contribution in [0.5, 0.6) is 0 Å². The van der Waals surface area contributed by atoms with E-state index in [4.69, 9.17) is 11.6 Å². The van der Waals surface area contributed by atoms with Gasteiger partial charge in [0, 0.05) is 6.42 Å². The quantitative estimate of drug-likeness (QED) is 0.359. The maximum absolute atomic E-state index is 10.9. The second kappa shape index (κ2) is 9.00. The van der Waals surface area contributed by atoms with Crippen LogP contribution in [0.4, 0.5) is 0 Å². The number of esters is 1. The van der Waals surface area contributed by atoms with Crippen molar-refractivity contribution in [2.75, 3.05) is 6.61 Å². The normalized spacial score (nSPS) is 9.86. The Morgan fingerprint density at radius 1 is 1.14 bits per heavy atom. The molecule has 0 bridgehead atoms. The van der Waals surface area contributed by atoms with Gasteiger partial charge in [-0.05, 0) is 18.0 Å². The Labute approximate surface area is 89.8 Å². The van der Waals surface area contributed by atoms with Crippen molar-refractivity contribution in [3.8, 4) is 0 Å². The number of hydrogen-bond donors (Lipinski definition) is 0. The lowest BCUT2D eigenvalue weighted by Gasteiger charge is -2.01. The minimum absolute atomic E-state index is 0.310. The molecule has 0 amide bonds. The van der Waals surface area contributed by atoms with Crippen molar-refractivity contribution in [1.82, 2.24) is 0 Å². The van der Waals surface area contributed by atoms with Crippen molar-refractivity contribution in [3.05, 3.63) is 0 Å². The third kappa shape index (κ3) is 9.52. The zero-order chi connectivity index (χ0) is 10.8. The first-order chi connectivity index (χ1) is 6.66. The van der Waals surface area contributed by atoms with Crippen LogP contribution in [0.2, 0.25) is 0 Å². The van der Waals surface area contributed by atoms with Gasteiger partial charge in [0.15, 0.2) is 6.61 Å². The predicted molar refractivity (Wildman–Crippen MR) is 55.2 cm³/mol. The molecule has 0 aliphatic rings. The average molecular weight is 221 g/mol. The smallest absolute Gasteiger partial charge is 0.306 e. The topological polar surface area (TPSA) is 43.4 Å². The highest BCUT2D eigenvalue weighted by Crippen LogP contribution is 2.05. The highest BCUT2D eigenvalue weighted by molar-refractivity contribution is 6.64. The second-order valence-corrected chi connectivity index (χ2v) is 3.60. The van der Waals surface area contributed by atoms with Gasteiger partial charge in [0.1, 0.15) is 0 Å². The molecule has 0 heterocycles. The van der Waals surface area contributed by atoms with E-state index in [9.17, 15) is 9.59 Å². The minimum atomic E-state index is -0.635. The van der Waals surface area contributed by atoms with Gasteiger partial charge in [-0.25, -0.2) is 0 Å². The van der Waals surface area contributed by atoms with Crippen LogP contribution >= 0.6 is 11.6 Å². The lowest BCUT2D eigenvalue weighted by Crippen LogP contribution is -2.09. The third-order valence-corrected chi connectivity index (χ3v) is 1.94. The number of rotatable bonds is 8. The molecule has 0 fully saturated rings. The highest BCUT2D eigenvalue weighted by atomic mass is 35.5. The second-order valence-electron chi connectivity index (χ2n) is 3.18. The van der Waals surface area contributed by atoms with Crippen molar-refractivity contribution in [3.63, 3.8) is 0 Å². The molecule has 0 aliphatic heterocycles. The summed E-state index contributed by atoms with van der Waals surface area (Å²) >= 11 is 5.01. The Bertz CT molecular complexity index is 180. The molecule has 0 aromatic rings. The molecule has 0 rings (SSSR count). The lowest BCUT2D eigenvalue weighted by atomic mass is 10.1. The zero-order valence-electron chi connectivity index (χ0n) is 8.55. The fraction of sp³-hybridized carbons (Fsp3) is 0.800. The van der Waals surface area contributed by atoms with Gasteiger partial charge in [-0.3, -0.25) is 9.59 Å². The lowest BCUT2D eigenvalue weighted by molar-refractivity contribution is -0.146. The summed E-state index contributed by atoms with van der Waals surface area (Å²) in [6, 6.07) is 0. The van der Waals surface area contributed by atoms with Gasteiger partial charge in [-0.15, -0.1) is 0 Å². The number of carbonyl (C=O) groups excluding carboxylic acids is 2. The minimum Gasteiger partial charge on any atom is -0.456 e. The van der Waals surface area contributed by atoms with E-state index in [0.717, 1.165) is 19.3 Å². The Morgan fingerprint density at radius 3 is 2.36 bits per heavy atom. The fourth-order valence-corrected chi connectivity index (χ4v) is 1.14. The highest BCUT2D eigenvalue weighted by Gasteiger charge is 2.04. The molecule has 0 aliphatic carbocycles. The van der Waals surface area contributed by atoms with Crippen LogP contribution in [-0.4, -0.2) is 17.8 Å². The molecule has 0 atom stereocenters. The van der Waals surface area contributed by atoms with E-state index >= 15 is 0 Å². The van der Waals surface area contributed by atoms with Crippen molar-refractivity contribution >= 4 is 22.8 Å². The summed E-state index contributed by atoms with van der Waals surface area (Å²) in [4.78, 5) is 21.2. The number of hydrogen-bond acceptors (Lipinski definition) is 3. The van der Waals surface area contributed by atoms with E-state index in [1.54, 1.807) is 0 Å². The molecule has 14 heavy (non-hydrogen) atoms. The molecule has 0 aromatic carbocycles. The molecule has 0 saturated carbocycles. The summed E-state index contributed by atoms with van der Waals surface area (Å²) in [6.07, 6.45) is 5.79. The molecule has 0 spiro atoms. The maximum atomic E-state index is 10.9. The monoisotopic (exact) mass is 220 g/mol. The Morgan fingerprint density at radius 2 is 1.79 bits per heavy atom. The van der Waals surface area contributed by atoms with Crippen LogP contribution in [0.1, 0.15) is 45.4 Å². The van der Waals surface area contributed by atoms with Crippen LogP contribution in [-0.2, 0) is 14.3 Å². The molecule has 0 N–H and O–H groups in total. The van der Waals surface area contributed by atoms with E-state index in [0.29, 0.717) is 6.42 Å². The largest absolute Gasteiger partial charge is 0.456 e. The number of unbranched alkanes of at least 4 members (excludes halogenated alkanes) is 4. The first kappa shape index (κ1) is 13.4. The van der Waals surface area contributed by atoms with Crippen molar-refractivity contribution < 1.29 is 14.3 Å². The van der Waals surface area contributed by atoms with Gasteiger partial charge in [0.25, 0.3) is 5.24 Å². The fourth-order valence-electron chi connectivity index (χ4n) is 1.08. The van der Waals surface area contributed by atoms with E-state index < -0.39 is 5.24 Å².